The maximum absolute atomic E-state index is 13.2. The number of benzene rings is 2. The molecule has 2 aromatic carbocycles. The molecule has 0 bridgehead atoms. The number of carbonyl (C=O) groups excluding carboxylic acids is 3. The van der Waals surface area contributed by atoms with Crippen LogP contribution >= 0.6 is 0 Å². The van der Waals surface area contributed by atoms with Gasteiger partial charge in [0.05, 0.1) is 0 Å². The van der Waals surface area contributed by atoms with Crippen LogP contribution in [0.3, 0.4) is 0 Å². The zero-order chi connectivity index (χ0) is 19.6. The number of hydrogen-bond acceptors (Lipinski definition) is 3. The molecule has 0 aliphatic carbocycles. The van der Waals surface area contributed by atoms with Crippen molar-refractivity contribution in [1.29, 1.82) is 0 Å². The summed E-state index contributed by atoms with van der Waals surface area (Å²) in [4.78, 5) is 38.2. The Hall–Kier alpha value is -3.29. The van der Waals surface area contributed by atoms with Crippen molar-refractivity contribution < 1.29 is 23.2 Å². The molecule has 0 spiro atoms. The third-order valence-corrected chi connectivity index (χ3v) is 4.47. The van der Waals surface area contributed by atoms with Gasteiger partial charge in [-0.15, -0.1) is 0 Å². The second-order valence-electron chi connectivity index (χ2n) is 6.14. The summed E-state index contributed by atoms with van der Waals surface area (Å²) in [5, 5.41) is 5.12. The molecule has 1 heterocycles. The summed E-state index contributed by atoms with van der Waals surface area (Å²) >= 11 is 0. The summed E-state index contributed by atoms with van der Waals surface area (Å²) < 4.78 is 26.1. The number of anilines is 1. The van der Waals surface area contributed by atoms with Gasteiger partial charge in [-0.25, -0.2) is 13.6 Å². The van der Waals surface area contributed by atoms with Gasteiger partial charge in [0.2, 0.25) is 5.91 Å². The number of carbonyl (C=O) groups is 3. The first-order valence-corrected chi connectivity index (χ1v) is 8.31. The lowest BCUT2D eigenvalue weighted by Gasteiger charge is -2.25. The van der Waals surface area contributed by atoms with Crippen LogP contribution in [0.4, 0.5) is 19.3 Å². The minimum Gasteiger partial charge on any atom is -0.325 e. The van der Waals surface area contributed by atoms with Crippen LogP contribution in [0.2, 0.25) is 0 Å². The number of hydrogen-bond donors (Lipinski definition) is 2. The van der Waals surface area contributed by atoms with Crippen molar-refractivity contribution >= 4 is 23.5 Å². The Bertz CT molecular complexity index is 884. The van der Waals surface area contributed by atoms with E-state index in [9.17, 15) is 23.2 Å². The standard InChI is InChI=1S/C19H17F2N3O3/c1-2-19(12-3-5-13(20)6-4-12)17(26)24(18(27)23-19)11-16(25)22-15-9-7-14(21)8-10-15/h3-10H,2,11H2,1H3,(H,22,25)(H,23,27). The highest BCUT2D eigenvalue weighted by Crippen LogP contribution is 2.32. The van der Waals surface area contributed by atoms with Crippen LogP contribution < -0.4 is 10.6 Å². The van der Waals surface area contributed by atoms with Crippen molar-refractivity contribution in [3.8, 4) is 0 Å². The number of amides is 4. The monoisotopic (exact) mass is 373 g/mol. The lowest BCUT2D eigenvalue weighted by Crippen LogP contribution is -2.44. The van der Waals surface area contributed by atoms with E-state index < -0.39 is 41.6 Å². The molecule has 1 aliphatic heterocycles. The first-order chi connectivity index (χ1) is 12.9. The molecule has 2 N–H and O–H groups in total. The van der Waals surface area contributed by atoms with Crippen molar-refractivity contribution in [2.75, 3.05) is 11.9 Å². The van der Waals surface area contributed by atoms with Crippen LogP contribution in [0.1, 0.15) is 18.9 Å². The molecule has 3 rings (SSSR count). The zero-order valence-electron chi connectivity index (χ0n) is 14.5. The second-order valence-corrected chi connectivity index (χ2v) is 6.14. The highest BCUT2D eigenvalue weighted by molar-refractivity contribution is 6.10. The first kappa shape index (κ1) is 18.5. The Balaban J connectivity index is 1.77. The van der Waals surface area contributed by atoms with Gasteiger partial charge in [0.25, 0.3) is 5.91 Å². The van der Waals surface area contributed by atoms with Gasteiger partial charge in [0, 0.05) is 5.69 Å². The second kappa shape index (κ2) is 7.14. The number of halogens is 2. The fourth-order valence-corrected chi connectivity index (χ4v) is 3.02. The van der Waals surface area contributed by atoms with E-state index in [0.29, 0.717) is 11.3 Å². The summed E-state index contributed by atoms with van der Waals surface area (Å²) in [5.74, 6) is -2.10. The Labute approximate surface area is 154 Å². The highest BCUT2D eigenvalue weighted by atomic mass is 19.1. The summed E-state index contributed by atoms with van der Waals surface area (Å²) in [6.07, 6.45) is 0.235. The van der Waals surface area contributed by atoms with Crippen molar-refractivity contribution in [1.82, 2.24) is 10.2 Å². The average Bonchev–Trinajstić information content (AvgIpc) is 2.89. The molecule has 6 nitrogen and oxygen atoms in total. The van der Waals surface area contributed by atoms with Crippen LogP contribution in [0.15, 0.2) is 48.5 Å². The van der Waals surface area contributed by atoms with E-state index in [0.717, 1.165) is 4.90 Å². The van der Waals surface area contributed by atoms with Crippen LogP contribution in [0.5, 0.6) is 0 Å². The number of urea groups is 1. The van der Waals surface area contributed by atoms with Crippen LogP contribution in [0, 0.1) is 11.6 Å². The predicted molar refractivity (Wildman–Crippen MR) is 93.6 cm³/mol. The Morgan fingerprint density at radius 2 is 1.59 bits per heavy atom. The fraction of sp³-hybridized carbons (Fsp3) is 0.211. The van der Waals surface area contributed by atoms with Crippen LogP contribution in [-0.4, -0.2) is 29.3 Å². The average molecular weight is 373 g/mol. The molecule has 0 radical (unpaired) electrons. The molecule has 1 atom stereocenters. The first-order valence-electron chi connectivity index (χ1n) is 8.31. The van der Waals surface area contributed by atoms with E-state index in [1.807, 2.05) is 0 Å². The number of imide groups is 1. The molecule has 0 aromatic heterocycles. The molecule has 1 unspecified atom stereocenters. The van der Waals surface area contributed by atoms with Crippen LogP contribution in [-0.2, 0) is 15.1 Å². The predicted octanol–water partition coefficient (Wildman–Crippen LogP) is 2.76. The van der Waals surface area contributed by atoms with E-state index in [1.54, 1.807) is 6.92 Å². The molecule has 140 valence electrons. The SMILES string of the molecule is CCC1(c2ccc(F)cc2)NC(=O)N(CC(=O)Nc2ccc(F)cc2)C1=O. The quantitative estimate of drug-likeness (QED) is 0.791. The van der Waals surface area contributed by atoms with Gasteiger partial charge in [-0.05, 0) is 48.4 Å². The van der Waals surface area contributed by atoms with Crippen molar-refractivity contribution in [2.45, 2.75) is 18.9 Å². The van der Waals surface area contributed by atoms with E-state index in [-0.39, 0.29) is 6.42 Å². The van der Waals surface area contributed by atoms with Gasteiger partial charge >= 0.3 is 6.03 Å². The van der Waals surface area contributed by atoms with Gasteiger partial charge in [-0.2, -0.15) is 0 Å². The molecule has 27 heavy (non-hydrogen) atoms. The third-order valence-electron chi connectivity index (χ3n) is 4.47. The molecule has 2 aromatic rings. The molecule has 4 amide bonds. The minimum atomic E-state index is -1.35. The molecular weight excluding hydrogens is 356 g/mol. The summed E-state index contributed by atoms with van der Waals surface area (Å²) in [5.41, 5.74) is -0.569. The lowest BCUT2D eigenvalue weighted by atomic mass is 9.87. The minimum absolute atomic E-state index is 0.235. The molecule has 0 saturated carbocycles. The normalized spacial score (nSPS) is 19.1. The maximum atomic E-state index is 13.2. The van der Waals surface area contributed by atoms with Gasteiger partial charge in [-0.3, -0.25) is 14.5 Å². The molecule has 1 saturated heterocycles. The number of nitrogens with one attached hydrogen (secondary N) is 2. The molecular formula is C19H17F2N3O3. The molecule has 1 aliphatic rings. The van der Waals surface area contributed by atoms with Gasteiger partial charge in [0.15, 0.2) is 0 Å². The maximum Gasteiger partial charge on any atom is 0.325 e. The fourth-order valence-electron chi connectivity index (χ4n) is 3.02. The largest absolute Gasteiger partial charge is 0.325 e. The van der Waals surface area contributed by atoms with E-state index in [4.69, 9.17) is 0 Å². The topological polar surface area (TPSA) is 78.5 Å². The van der Waals surface area contributed by atoms with Crippen molar-refractivity contribution in [3.63, 3.8) is 0 Å². The Kier molecular flexibility index (Phi) is 4.89. The van der Waals surface area contributed by atoms with Crippen molar-refractivity contribution in [2.24, 2.45) is 0 Å². The van der Waals surface area contributed by atoms with E-state index in [2.05, 4.69) is 10.6 Å². The van der Waals surface area contributed by atoms with Crippen LogP contribution in [0.25, 0.3) is 0 Å². The number of rotatable bonds is 5. The zero-order valence-corrected chi connectivity index (χ0v) is 14.5. The highest BCUT2D eigenvalue weighted by Gasteiger charge is 2.51. The van der Waals surface area contributed by atoms with Gasteiger partial charge in [0.1, 0.15) is 23.7 Å². The van der Waals surface area contributed by atoms with Crippen molar-refractivity contribution in [3.05, 3.63) is 65.7 Å². The van der Waals surface area contributed by atoms with Gasteiger partial charge < -0.3 is 10.6 Å². The number of nitrogens with zero attached hydrogens (tertiary/aromatic N) is 1. The Morgan fingerprint density at radius 1 is 1.04 bits per heavy atom. The summed E-state index contributed by atoms with van der Waals surface area (Å²) in [7, 11) is 0. The third kappa shape index (κ3) is 3.51. The van der Waals surface area contributed by atoms with Gasteiger partial charge in [-0.1, -0.05) is 19.1 Å². The summed E-state index contributed by atoms with van der Waals surface area (Å²) in [6.45, 7) is 1.22. The Morgan fingerprint density at radius 3 is 2.15 bits per heavy atom. The molecule has 8 heteroatoms. The van der Waals surface area contributed by atoms with E-state index >= 15 is 0 Å². The smallest absolute Gasteiger partial charge is 0.325 e. The molecule has 1 fully saturated rings. The van der Waals surface area contributed by atoms with E-state index in [1.165, 1.54) is 48.5 Å². The lowest BCUT2D eigenvalue weighted by molar-refractivity contribution is -0.134. The summed E-state index contributed by atoms with van der Waals surface area (Å²) in [6, 6.07) is 9.66.